The van der Waals surface area contributed by atoms with Gasteiger partial charge in [-0.1, -0.05) is 23.8 Å². The molecule has 0 amide bonds. The van der Waals surface area contributed by atoms with E-state index in [1.54, 1.807) is 64.6 Å². The van der Waals surface area contributed by atoms with Crippen molar-refractivity contribution in [3.05, 3.63) is 30.0 Å². The molecule has 2 heterocycles. The van der Waals surface area contributed by atoms with Crippen LogP contribution in [0.2, 0.25) is 5.15 Å². The third-order valence-electron chi connectivity index (χ3n) is 4.26. The van der Waals surface area contributed by atoms with E-state index in [9.17, 15) is 14.2 Å². The number of esters is 2. The molecule has 0 N–H and O–H groups in total. The number of fused-ring (bicyclic) bond motifs is 1. The Morgan fingerprint density at radius 1 is 0.971 bits per heavy atom. The van der Waals surface area contributed by atoms with Crippen molar-refractivity contribution in [2.45, 2.75) is 48.1 Å². The van der Waals surface area contributed by atoms with Gasteiger partial charge in [0.25, 0.3) is 0 Å². The van der Waals surface area contributed by atoms with Crippen molar-refractivity contribution in [3.8, 4) is 0 Å². The maximum Gasteiger partial charge on any atom is 0.340 e. The summed E-state index contributed by atoms with van der Waals surface area (Å²) in [7, 11) is -3.81. The van der Waals surface area contributed by atoms with Gasteiger partial charge in [0.15, 0.2) is 10.8 Å². The van der Waals surface area contributed by atoms with E-state index < -0.39 is 44.0 Å². The van der Waals surface area contributed by atoms with E-state index in [1.165, 1.54) is 6.33 Å². The van der Waals surface area contributed by atoms with Crippen molar-refractivity contribution < 1.29 is 32.7 Å². The van der Waals surface area contributed by atoms with E-state index in [-0.39, 0.29) is 11.3 Å². The molecule has 0 saturated carbocycles. The second-order valence-electron chi connectivity index (χ2n) is 9.36. The fourth-order valence-corrected chi connectivity index (χ4v) is 3.57. The number of carbonyl (C=O) groups excluding carboxylic acids is 2. The van der Waals surface area contributed by atoms with Crippen molar-refractivity contribution in [3.63, 3.8) is 0 Å². The number of carbonyl (C=O) groups is 2. The van der Waals surface area contributed by atoms with Crippen LogP contribution in [0, 0.1) is 10.8 Å². The van der Waals surface area contributed by atoms with Gasteiger partial charge in [-0.25, -0.2) is 15.0 Å². The van der Waals surface area contributed by atoms with Gasteiger partial charge in [0, 0.05) is 6.54 Å². The SMILES string of the molecule is CC(C)(C)C(=O)OCOP(=O)(C/C=C/Cn1cnc2c(Cl)ncnc21)OCOC(=O)C(C)(C)C. The molecule has 0 bridgehead atoms. The van der Waals surface area contributed by atoms with Gasteiger partial charge < -0.3 is 14.0 Å². The number of hydrogen-bond donors (Lipinski definition) is 0. The first-order valence-electron chi connectivity index (χ1n) is 10.4. The van der Waals surface area contributed by atoms with E-state index in [1.807, 2.05) is 0 Å². The van der Waals surface area contributed by atoms with E-state index >= 15 is 0 Å². The normalized spacial score (nSPS) is 12.9. The summed E-state index contributed by atoms with van der Waals surface area (Å²) in [6.45, 7) is 9.27. The van der Waals surface area contributed by atoms with Crippen LogP contribution in [0.3, 0.4) is 0 Å². The Kier molecular flexibility index (Phi) is 9.36. The molecule has 0 aliphatic rings. The molecule has 0 atom stereocenters. The number of rotatable bonds is 10. The number of ether oxygens (including phenoxy) is 2. The average Bonchev–Trinajstić information content (AvgIpc) is 3.14. The third kappa shape index (κ3) is 8.16. The topological polar surface area (TPSA) is 132 Å². The number of nitrogens with zero attached hydrogens (tertiary/aromatic N) is 4. The van der Waals surface area contributed by atoms with Gasteiger partial charge in [-0.2, -0.15) is 0 Å². The fraction of sp³-hybridized carbons (Fsp3) is 0.571. The predicted octanol–water partition coefficient (Wildman–Crippen LogP) is 4.36. The van der Waals surface area contributed by atoms with Crippen LogP contribution >= 0.6 is 19.2 Å². The van der Waals surface area contributed by atoms with Crippen LogP contribution in [0.15, 0.2) is 24.8 Å². The number of imidazole rings is 1. The maximum atomic E-state index is 13.2. The summed E-state index contributed by atoms with van der Waals surface area (Å²) in [4.78, 5) is 36.1. The fourth-order valence-electron chi connectivity index (χ4n) is 2.27. The molecule has 0 aliphatic carbocycles. The lowest BCUT2D eigenvalue weighted by atomic mass is 9.98. The average molecular weight is 517 g/mol. The highest BCUT2D eigenvalue weighted by Crippen LogP contribution is 2.48. The van der Waals surface area contributed by atoms with Crippen LogP contribution in [0.5, 0.6) is 0 Å². The highest BCUT2D eigenvalue weighted by atomic mass is 35.5. The minimum Gasteiger partial charge on any atom is -0.438 e. The van der Waals surface area contributed by atoms with Gasteiger partial charge in [0.1, 0.15) is 11.8 Å². The van der Waals surface area contributed by atoms with E-state index in [4.69, 9.17) is 30.1 Å². The smallest absolute Gasteiger partial charge is 0.340 e. The first kappa shape index (κ1) is 27.9. The first-order valence-corrected chi connectivity index (χ1v) is 12.5. The molecule has 0 saturated heterocycles. The summed E-state index contributed by atoms with van der Waals surface area (Å²) in [5, 5.41) is 0.244. The zero-order valence-electron chi connectivity index (χ0n) is 20.1. The summed E-state index contributed by atoms with van der Waals surface area (Å²) in [6, 6.07) is 0. The standard InChI is InChI=1S/C21H30ClN4O7P/c1-20(2,3)18(27)30-13-32-34(29,33-14-31-19(28)21(4,5)6)10-8-7-9-26-12-25-15-16(22)23-11-24-17(15)26/h7-8,11-12H,9-10,13-14H2,1-6H3/b8-7+. The Morgan fingerprint density at radius 2 is 1.53 bits per heavy atom. The van der Waals surface area contributed by atoms with E-state index in [2.05, 4.69) is 15.0 Å². The molecular weight excluding hydrogens is 487 g/mol. The molecule has 2 aromatic heterocycles. The Bertz CT molecular complexity index is 1050. The van der Waals surface area contributed by atoms with Crippen LogP contribution in [0.25, 0.3) is 11.2 Å². The molecule has 0 spiro atoms. The molecule has 0 aromatic carbocycles. The van der Waals surface area contributed by atoms with Gasteiger partial charge >= 0.3 is 19.5 Å². The summed E-state index contributed by atoms with van der Waals surface area (Å²) >= 11 is 6.00. The van der Waals surface area contributed by atoms with Crippen molar-refractivity contribution >= 4 is 42.3 Å². The zero-order valence-corrected chi connectivity index (χ0v) is 21.8. The van der Waals surface area contributed by atoms with Gasteiger partial charge in [-0.3, -0.25) is 23.2 Å². The Balaban J connectivity index is 2.01. The minimum atomic E-state index is -3.81. The van der Waals surface area contributed by atoms with Crippen molar-refractivity contribution in [2.75, 3.05) is 19.7 Å². The Hall–Kier alpha value is -2.33. The van der Waals surface area contributed by atoms with Gasteiger partial charge in [-0.05, 0) is 41.5 Å². The number of halogens is 1. The molecule has 13 heteroatoms. The molecule has 0 fully saturated rings. The number of hydrogen-bond acceptors (Lipinski definition) is 10. The quantitative estimate of drug-likeness (QED) is 0.147. The highest BCUT2D eigenvalue weighted by Gasteiger charge is 2.29. The number of allylic oxidation sites excluding steroid dienone is 2. The molecular formula is C21H30ClN4O7P. The second-order valence-corrected chi connectivity index (χ2v) is 11.8. The lowest BCUT2D eigenvalue weighted by Gasteiger charge is -2.21. The van der Waals surface area contributed by atoms with Gasteiger partial charge in [0.2, 0.25) is 13.6 Å². The lowest BCUT2D eigenvalue weighted by Crippen LogP contribution is -2.25. The summed E-state index contributed by atoms with van der Waals surface area (Å²) in [5.41, 5.74) is -0.494. The highest BCUT2D eigenvalue weighted by molar-refractivity contribution is 7.54. The second kappa shape index (κ2) is 11.4. The van der Waals surface area contributed by atoms with Crippen molar-refractivity contribution in [1.82, 2.24) is 19.5 Å². The number of aromatic nitrogens is 4. The molecule has 11 nitrogen and oxygen atoms in total. The van der Waals surface area contributed by atoms with Crippen LogP contribution in [0.4, 0.5) is 0 Å². The van der Waals surface area contributed by atoms with Crippen LogP contribution in [-0.2, 0) is 39.2 Å². The maximum absolute atomic E-state index is 13.2. The van der Waals surface area contributed by atoms with Crippen LogP contribution in [0.1, 0.15) is 41.5 Å². The van der Waals surface area contributed by atoms with E-state index in [0.29, 0.717) is 17.7 Å². The van der Waals surface area contributed by atoms with Gasteiger partial charge in [0.05, 0.1) is 23.3 Å². The minimum absolute atomic E-state index is 0.157. The lowest BCUT2D eigenvalue weighted by molar-refractivity contribution is -0.161. The van der Waals surface area contributed by atoms with Crippen molar-refractivity contribution in [2.24, 2.45) is 10.8 Å². The Morgan fingerprint density at radius 3 is 2.06 bits per heavy atom. The molecule has 2 rings (SSSR count). The largest absolute Gasteiger partial charge is 0.438 e. The zero-order chi connectivity index (χ0) is 25.6. The summed E-state index contributed by atoms with van der Waals surface area (Å²) in [5.74, 6) is -1.05. The Labute approximate surface area is 203 Å². The first-order chi connectivity index (χ1) is 15.7. The summed E-state index contributed by atoms with van der Waals surface area (Å²) < 4.78 is 35.5. The molecule has 188 valence electrons. The van der Waals surface area contributed by atoms with E-state index in [0.717, 1.165) is 0 Å². The molecule has 0 radical (unpaired) electrons. The molecule has 0 aliphatic heterocycles. The third-order valence-corrected chi connectivity index (χ3v) is 6.19. The summed E-state index contributed by atoms with van der Waals surface area (Å²) in [6.07, 6.45) is 6.02. The monoisotopic (exact) mass is 516 g/mol. The van der Waals surface area contributed by atoms with Crippen LogP contribution in [-0.4, -0.2) is 51.2 Å². The molecule has 2 aromatic rings. The predicted molar refractivity (Wildman–Crippen MR) is 125 cm³/mol. The van der Waals surface area contributed by atoms with Crippen molar-refractivity contribution in [1.29, 1.82) is 0 Å². The van der Waals surface area contributed by atoms with Crippen LogP contribution < -0.4 is 0 Å². The van der Waals surface area contributed by atoms with Gasteiger partial charge in [-0.15, -0.1) is 0 Å². The molecule has 34 heavy (non-hydrogen) atoms. The molecule has 0 unspecified atom stereocenters.